The number of H-pyrrole nitrogens is 1. The Kier molecular flexibility index (Phi) is 4.04. The number of hydrogen-bond donors (Lipinski definition) is 1. The number of pyridine rings is 1. The molecule has 3 heterocycles. The van der Waals surface area contributed by atoms with E-state index >= 15 is 0 Å². The summed E-state index contributed by atoms with van der Waals surface area (Å²) in [6.07, 6.45) is 5.92. The Bertz CT molecular complexity index is 804. The van der Waals surface area contributed by atoms with Crippen molar-refractivity contribution in [1.29, 1.82) is 0 Å². The average Bonchev–Trinajstić information content (AvgIpc) is 2.56. The molecule has 0 saturated carbocycles. The van der Waals surface area contributed by atoms with E-state index in [1.807, 2.05) is 0 Å². The highest BCUT2D eigenvalue weighted by molar-refractivity contribution is 7.89. The first-order valence-electron chi connectivity index (χ1n) is 7.03. The SMILES string of the molecule is O=c1nccc([C@H]2CCCN(S(=O)(=O)c3cccnc3)C2)[nH]1. The lowest BCUT2D eigenvalue weighted by atomic mass is 9.96. The van der Waals surface area contributed by atoms with E-state index in [9.17, 15) is 13.2 Å². The fourth-order valence-corrected chi connectivity index (χ4v) is 4.17. The molecule has 116 valence electrons. The predicted octanol–water partition coefficient (Wildman–Crippen LogP) is 0.733. The summed E-state index contributed by atoms with van der Waals surface area (Å²) in [5, 5.41) is 0. The van der Waals surface area contributed by atoms with Crippen LogP contribution in [-0.2, 0) is 10.0 Å². The molecule has 1 atom stereocenters. The maximum absolute atomic E-state index is 12.6. The highest BCUT2D eigenvalue weighted by Crippen LogP contribution is 2.28. The minimum atomic E-state index is -3.55. The first-order valence-corrected chi connectivity index (χ1v) is 8.47. The zero-order chi connectivity index (χ0) is 15.6. The Labute approximate surface area is 128 Å². The molecule has 2 aromatic rings. The quantitative estimate of drug-likeness (QED) is 0.899. The first-order chi connectivity index (χ1) is 10.6. The minimum absolute atomic E-state index is 0.0316. The summed E-state index contributed by atoms with van der Waals surface area (Å²) in [4.78, 5) is 21.7. The van der Waals surface area contributed by atoms with Crippen molar-refractivity contribution in [2.75, 3.05) is 13.1 Å². The number of aromatic amines is 1. The van der Waals surface area contributed by atoms with Gasteiger partial charge in [0.2, 0.25) is 10.0 Å². The molecule has 1 aliphatic heterocycles. The third kappa shape index (κ3) is 2.93. The van der Waals surface area contributed by atoms with Crippen molar-refractivity contribution in [2.24, 2.45) is 0 Å². The molecule has 0 aromatic carbocycles. The lowest BCUT2D eigenvalue weighted by molar-refractivity contribution is 0.312. The molecule has 0 bridgehead atoms. The molecule has 1 aliphatic rings. The Hall–Kier alpha value is -2.06. The molecule has 22 heavy (non-hydrogen) atoms. The van der Waals surface area contributed by atoms with E-state index in [-0.39, 0.29) is 10.8 Å². The molecule has 0 amide bonds. The van der Waals surface area contributed by atoms with E-state index < -0.39 is 15.7 Å². The van der Waals surface area contributed by atoms with Gasteiger partial charge in [0, 0.05) is 43.3 Å². The fraction of sp³-hybridized carbons (Fsp3) is 0.357. The van der Waals surface area contributed by atoms with Crippen LogP contribution in [0.25, 0.3) is 0 Å². The Morgan fingerprint density at radius 2 is 2.14 bits per heavy atom. The van der Waals surface area contributed by atoms with Crippen LogP contribution < -0.4 is 5.69 Å². The second-order valence-electron chi connectivity index (χ2n) is 5.22. The van der Waals surface area contributed by atoms with Gasteiger partial charge < -0.3 is 4.98 Å². The number of hydrogen-bond acceptors (Lipinski definition) is 5. The highest BCUT2D eigenvalue weighted by Gasteiger charge is 2.31. The molecular formula is C14H16N4O3S. The third-order valence-corrected chi connectivity index (χ3v) is 5.64. The molecule has 1 N–H and O–H groups in total. The van der Waals surface area contributed by atoms with Crippen LogP contribution in [0.4, 0.5) is 0 Å². The number of rotatable bonds is 3. The summed E-state index contributed by atoms with van der Waals surface area (Å²) in [6, 6.07) is 4.88. The van der Waals surface area contributed by atoms with Crippen molar-refractivity contribution in [3.63, 3.8) is 0 Å². The maximum atomic E-state index is 12.6. The van der Waals surface area contributed by atoms with Gasteiger partial charge in [-0.05, 0) is 31.0 Å². The number of aromatic nitrogens is 3. The largest absolute Gasteiger partial charge is 0.345 e. The van der Waals surface area contributed by atoms with Crippen molar-refractivity contribution in [3.05, 3.63) is 53.0 Å². The van der Waals surface area contributed by atoms with E-state index in [2.05, 4.69) is 15.0 Å². The van der Waals surface area contributed by atoms with Crippen LogP contribution in [0.15, 0.2) is 46.5 Å². The summed E-state index contributed by atoms with van der Waals surface area (Å²) in [7, 11) is -3.55. The van der Waals surface area contributed by atoms with Crippen LogP contribution >= 0.6 is 0 Å². The Morgan fingerprint density at radius 1 is 1.27 bits per heavy atom. The Balaban J connectivity index is 1.86. The van der Waals surface area contributed by atoms with E-state index in [4.69, 9.17) is 0 Å². The predicted molar refractivity (Wildman–Crippen MR) is 79.8 cm³/mol. The smallest absolute Gasteiger partial charge is 0.309 e. The summed E-state index contributed by atoms with van der Waals surface area (Å²) in [5.74, 6) is -0.0316. The number of nitrogens with zero attached hydrogens (tertiary/aromatic N) is 3. The zero-order valence-corrected chi connectivity index (χ0v) is 12.7. The van der Waals surface area contributed by atoms with Crippen LogP contribution in [-0.4, -0.2) is 40.8 Å². The molecule has 0 spiro atoms. The normalized spacial score (nSPS) is 19.9. The average molecular weight is 320 g/mol. The Morgan fingerprint density at radius 3 is 2.86 bits per heavy atom. The topological polar surface area (TPSA) is 96.0 Å². The summed E-state index contributed by atoms with van der Waals surface area (Å²) >= 11 is 0. The van der Waals surface area contributed by atoms with Crippen LogP contribution in [0.3, 0.4) is 0 Å². The standard InChI is InChI=1S/C14H16N4O3S/c19-14-16-7-5-13(17-14)11-3-2-8-18(10-11)22(20,21)12-4-1-6-15-9-12/h1,4-7,9,11H,2-3,8,10H2,(H,16,17,19)/t11-/m0/s1. The maximum Gasteiger partial charge on any atom is 0.345 e. The van der Waals surface area contributed by atoms with Gasteiger partial charge in [0.05, 0.1) is 0 Å². The molecule has 8 heteroatoms. The number of sulfonamides is 1. The summed E-state index contributed by atoms with van der Waals surface area (Å²) in [5.41, 5.74) is 0.316. The number of nitrogens with one attached hydrogen (secondary N) is 1. The van der Waals surface area contributed by atoms with Crippen LogP contribution in [0.1, 0.15) is 24.5 Å². The third-order valence-electron chi connectivity index (χ3n) is 3.79. The van der Waals surface area contributed by atoms with Crippen LogP contribution in [0.5, 0.6) is 0 Å². The molecular weight excluding hydrogens is 304 g/mol. The van der Waals surface area contributed by atoms with E-state index in [0.29, 0.717) is 13.1 Å². The van der Waals surface area contributed by atoms with Gasteiger partial charge in [0.15, 0.2) is 0 Å². The van der Waals surface area contributed by atoms with E-state index in [0.717, 1.165) is 18.5 Å². The van der Waals surface area contributed by atoms with Gasteiger partial charge in [0.1, 0.15) is 4.90 Å². The number of piperidine rings is 1. The van der Waals surface area contributed by atoms with Crippen LogP contribution in [0.2, 0.25) is 0 Å². The molecule has 2 aromatic heterocycles. The second kappa shape index (κ2) is 5.98. The van der Waals surface area contributed by atoms with E-state index in [1.165, 1.54) is 16.7 Å². The zero-order valence-electron chi connectivity index (χ0n) is 11.8. The monoisotopic (exact) mass is 320 g/mol. The van der Waals surface area contributed by atoms with Crippen LogP contribution in [0, 0.1) is 0 Å². The van der Waals surface area contributed by atoms with Gasteiger partial charge in [-0.3, -0.25) is 4.98 Å². The molecule has 0 unspecified atom stereocenters. The second-order valence-corrected chi connectivity index (χ2v) is 7.16. The highest BCUT2D eigenvalue weighted by atomic mass is 32.2. The van der Waals surface area contributed by atoms with Gasteiger partial charge >= 0.3 is 5.69 Å². The van der Waals surface area contributed by atoms with Gasteiger partial charge in [-0.25, -0.2) is 18.2 Å². The van der Waals surface area contributed by atoms with Crippen molar-refractivity contribution in [1.82, 2.24) is 19.3 Å². The summed E-state index contributed by atoms with van der Waals surface area (Å²) < 4.78 is 26.7. The van der Waals surface area contributed by atoms with Crippen molar-refractivity contribution in [2.45, 2.75) is 23.7 Å². The molecule has 0 radical (unpaired) electrons. The molecule has 0 aliphatic carbocycles. The summed E-state index contributed by atoms with van der Waals surface area (Å²) in [6.45, 7) is 0.820. The molecule has 1 saturated heterocycles. The van der Waals surface area contributed by atoms with Gasteiger partial charge in [-0.2, -0.15) is 4.31 Å². The molecule has 7 nitrogen and oxygen atoms in total. The lowest BCUT2D eigenvalue weighted by Crippen LogP contribution is -2.39. The van der Waals surface area contributed by atoms with E-state index in [1.54, 1.807) is 24.4 Å². The lowest BCUT2D eigenvalue weighted by Gasteiger charge is -2.31. The van der Waals surface area contributed by atoms with Crippen molar-refractivity contribution >= 4 is 10.0 Å². The molecule has 1 fully saturated rings. The van der Waals surface area contributed by atoms with Gasteiger partial charge in [-0.1, -0.05) is 0 Å². The molecule has 3 rings (SSSR count). The fourth-order valence-electron chi connectivity index (χ4n) is 2.68. The van der Waals surface area contributed by atoms with Gasteiger partial charge in [-0.15, -0.1) is 0 Å². The first kappa shape index (κ1) is 14.9. The van der Waals surface area contributed by atoms with Crippen molar-refractivity contribution < 1.29 is 8.42 Å². The minimum Gasteiger partial charge on any atom is -0.309 e. The van der Waals surface area contributed by atoms with Gasteiger partial charge in [0.25, 0.3) is 0 Å². The van der Waals surface area contributed by atoms with Crippen molar-refractivity contribution in [3.8, 4) is 0 Å².